The zero-order valence-corrected chi connectivity index (χ0v) is 15.8. The Morgan fingerprint density at radius 1 is 0.750 bits per heavy atom. The minimum absolute atomic E-state index is 0.116. The minimum Gasteiger partial charge on any atom is -0.465 e. The Kier molecular flexibility index (Phi) is 7.04. The van der Waals surface area contributed by atoms with Crippen molar-refractivity contribution in [2.45, 2.75) is 96.8 Å². The van der Waals surface area contributed by atoms with E-state index in [9.17, 15) is 4.79 Å². The molecule has 0 heterocycles. The van der Waals surface area contributed by atoms with E-state index in [-0.39, 0.29) is 11.9 Å². The van der Waals surface area contributed by atoms with Gasteiger partial charge in [-0.3, -0.25) is 4.79 Å². The van der Waals surface area contributed by atoms with E-state index >= 15 is 0 Å². The molecule has 0 N–H and O–H groups in total. The van der Waals surface area contributed by atoms with Crippen LogP contribution in [0, 0.1) is 29.6 Å². The molecular weight excluding hydrogens is 296 g/mol. The minimum atomic E-state index is 0.116. The van der Waals surface area contributed by atoms with Gasteiger partial charge in [-0.1, -0.05) is 51.9 Å². The third kappa shape index (κ3) is 5.49. The molecule has 0 unspecified atom stereocenters. The zero-order chi connectivity index (χ0) is 16.8. The van der Waals surface area contributed by atoms with Gasteiger partial charge in [0.1, 0.15) is 0 Å². The molecule has 2 nitrogen and oxygen atoms in total. The number of hydrogen-bond acceptors (Lipinski definition) is 2. The van der Waals surface area contributed by atoms with Crippen molar-refractivity contribution >= 4 is 5.97 Å². The molecule has 0 saturated heterocycles. The summed E-state index contributed by atoms with van der Waals surface area (Å²) in [5, 5.41) is 0. The fourth-order valence-corrected chi connectivity index (χ4v) is 5.34. The standard InChI is InChI=1S/C22H38O2/c1-17-7-9-18(10-8-17)15-19-11-13-21(14-12-19)22(23)24-16-20-5-3-2-4-6-20/h17-21H,2-16H2,1H3. The Labute approximate surface area is 149 Å². The largest absolute Gasteiger partial charge is 0.465 e. The number of carbonyl (C=O) groups is 1. The smallest absolute Gasteiger partial charge is 0.308 e. The highest BCUT2D eigenvalue weighted by molar-refractivity contribution is 5.72. The van der Waals surface area contributed by atoms with Crippen molar-refractivity contribution in [2.24, 2.45) is 29.6 Å². The molecule has 2 heteroatoms. The molecule has 0 bridgehead atoms. The monoisotopic (exact) mass is 334 g/mol. The number of carbonyl (C=O) groups excluding carboxylic acids is 1. The maximum Gasteiger partial charge on any atom is 0.308 e. The van der Waals surface area contributed by atoms with E-state index in [1.165, 1.54) is 77.0 Å². The predicted molar refractivity (Wildman–Crippen MR) is 98.7 cm³/mol. The molecule has 3 saturated carbocycles. The van der Waals surface area contributed by atoms with E-state index in [4.69, 9.17) is 4.74 Å². The molecule has 3 aliphatic rings. The van der Waals surface area contributed by atoms with Crippen molar-refractivity contribution in [1.82, 2.24) is 0 Å². The van der Waals surface area contributed by atoms with Crippen LogP contribution in [0.5, 0.6) is 0 Å². The van der Waals surface area contributed by atoms with Gasteiger partial charge < -0.3 is 4.74 Å². The van der Waals surface area contributed by atoms with E-state index in [0.29, 0.717) is 12.5 Å². The van der Waals surface area contributed by atoms with Gasteiger partial charge in [0.2, 0.25) is 0 Å². The second-order valence-electron chi connectivity index (χ2n) is 9.21. The van der Waals surface area contributed by atoms with Crippen LogP contribution >= 0.6 is 0 Å². The van der Waals surface area contributed by atoms with E-state index in [1.807, 2.05) is 0 Å². The molecule has 24 heavy (non-hydrogen) atoms. The lowest BCUT2D eigenvalue weighted by Gasteiger charge is -2.33. The van der Waals surface area contributed by atoms with Crippen LogP contribution in [0.25, 0.3) is 0 Å². The van der Waals surface area contributed by atoms with Crippen LogP contribution in [0.15, 0.2) is 0 Å². The van der Waals surface area contributed by atoms with E-state index in [2.05, 4.69) is 6.92 Å². The van der Waals surface area contributed by atoms with Crippen molar-refractivity contribution in [3.8, 4) is 0 Å². The van der Waals surface area contributed by atoms with E-state index < -0.39 is 0 Å². The molecule has 3 rings (SSSR count). The Bertz CT molecular complexity index is 369. The van der Waals surface area contributed by atoms with E-state index in [1.54, 1.807) is 0 Å². The predicted octanol–water partition coefficient (Wildman–Crippen LogP) is 6.13. The first-order valence-corrected chi connectivity index (χ1v) is 10.9. The van der Waals surface area contributed by atoms with Crippen molar-refractivity contribution < 1.29 is 9.53 Å². The summed E-state index contributed by atoms with van der Waals surface area (Å²) in [5.41, 5.74) is 0. The summed E-state index contributed by atoms with van der Waals surface area (Å²) >= 11 is 0. The molecule has 0 spiro atoms. The number of esters is 1. The van der Waals surface area contributed by atoms with Gasteiger partial charge in [-0.15, -0.1) is 0 Å². The van der Waals surface area contributed by atoms with Crippen LogP contribution in [0.2, 0.25) is 0 Å². The molecule has 0 atom stereocenters. The normalized spacial score (nSPS) is 35.5. The number of rotatable bonds is 5. The summed E-state index contributed by atoms with van der Waals surface area (Å²) in [6, 6.07) is 0. The fraction of sp³-hybridized carbons (Fsp3) is 0.955. The van der Waals surface area contributed by atoms with Crippen LogP contribution in [0.4, 0.5) is 0 Å². The molecular formula is C22H38O2. The third-order valence-electron chi connectivity index (χ3n) is 7.17. The zero-order valence-electron chi connectivity index (χ0n) is 15.8. The summed E-state index contributed by atoms with van der Waals surface area (Å²) in [4.78, 5) is 12.4. The first-order valence-electron chi connectivity index (χ1n) is 10.9. The molecule has 0 amide bonds. The van der Waals surface area contributed by atoms with Crippen molar-refractivity contribution in [1.29, 1.82) is 0 Å². The summed E-state index contributed by atoms with van der Waals surface area (Å²) in [7, 11) is 0. The maximum atomic E-state index is 12.4. The lowest BCUT2D eigenvalue weighted by Crippen LogP contribution is -2.27. The van der Waals surface area contributed by atoms with Gasteiger partial charge in [-0.05, 0) is 68.6 Å². The van der Waals surface area contributed by atoms with Crippen LogP contribution in [0.3, 0.4) is 0 Å². The van der Waals surface area contributed by atoms with Crippen molar-refractivity contribution in [2.75, 3.05) is 6.61 Å². The Hall–Kier alpha value is -0.530. The number of hydrogen-bond donors (Lipinski definition) is 0. The fourth-order valence-electron chi connectivity index (χ4n) is 5.34. The SMILES string of the molecule is CC1CCC(CC2CCC(C(=O)OCC3CCCCC3)CC2)CC1. The topological polar surface area (TPSA) is 26.3 Å². The second kappa shape index (κ2) is 9.25. The summed E-state index contributed by atoms with van der Waals surface area (Å²) in [5.74, 6) is 3.78. The quantitative estimate of drug-likeness (QED) is 0.565. The Morgan fingerprint density at radius 2 is 1.33 bits per heavy atom. The lowest BCUT2D eigenvalue weighted by atomic mass is 9.73. The molecule has 0 aromatic rings. The van der Waals surface area contributed by atoms with Gasteiger partial charge in [0, 0.05) is 0 Å². The summed E-state index contributed by atoms with van der Waals surface area (Å²) in [6.07, 6.45) is 18.4. The first kappa shape index (κ1) is 18.3. The van der Waals surface area contributed by atoms with Gasteiger partial charge in [-0.2, -0.15) is 0 Å². The third-order valence-corrected chi connectivity index (χ3v) is 7.17. The van der Waals surface area contributed by atoms with Crippen molar-refractivity contribution in [3.05, 3.63) is 0 Å². The molecule has 138 valence electrons. The summed E-state index contributed by atoms with van der Waals surface area (Å²) < 4.78 is 5.68. The lowest BCUT2D eigenvalue weighted by molar-refractivity contribution is -0.151. The van der Waals surface area contributed by atoms with Gasteiger partial charge >= 0.3 is 5.97 Å². The van der Waals surface area contributed by atoms with Gasteiger partial charge in [-0.25, -0.2) is 0 Å². The molecule has 0 aliphatic heterocycles. The number of ether oxygens (including phenoxy) is 1. The highest BCUT2D eigenvalue weighted by Gasteiger charge is 2.30. The van der Waals surface area contributed by atoms with Crippen LogP contribution in [0.1, 0.15) is 96.8 Å². The van der Waals surface area contributed by atoms with Gasteiger partial charge in [0.05, 0.1) is 12.5 Å². The van der Waals surface area contributed by atoms with Gasteiger partial charge in [0.15, 0.2) is 0 Å². The van der Waals surface area contributed by atoms with Crippen LogP contribution in [-0.4, -0.2) is 12.6 Å². The first-order chi connectivity index (χ1) is 11.7. The Morgan fingerprint density at radius 3 is 1.96 bits per heavy atom. The van der Waals surface area contributed by atoms with E-state index in [0.717, 1.165) is 30.6 Å². The molecule has 3 fully saturated rings. The molecule has 3 aliphatic carbocycles. The van der Waals surface area contributed by atoms with Crippen LogP contribution in [-0.2, 0) is 9.53 Å². The molecule has 0 aromatic carbocycles. The highest BCUT2D eigenvalue weighted by atomic mass is 16.5. The molecule has 0 radical (unpaired) electrons. The average Bonchev–Trinajstić information content (AvgIpc) is 2.63. The van der Waals surface area contributed by atoms with Crippen molar-refractivity contribution in [3.63, 3.8) is 0 Å². The Balaban J connectivity index is 1.31. The maximum absolute atomic E-state index is 12.4. The van der Waals surface area contributed by atoms with Crippen LogP contribution < -0.4 is 0 Å². The average molecular weight is 335 g/mol. The second-order valence-corrected chi connectivity index (χ2v) is 9.21. The van der Waals surface area contributed by atoms with Gasteiger partial charge in [0.25, 0.3) is 0 Å². The highest BCUT2D eigenvalue weighted by Crippen LogP contribution is 2.38. The summed E-state index contributed by atoms with van der Waals surface area (Å²) in [6.45, 7) is 3.10. The molecule has 0 aromatic heterocycles.